The van der Waals surface area contributed by atoms with Gasteiger partial charge in [0.25, 0.3) is 0 Å². The van der Waals surface area contributed by atoms with Crippen molar-refractivity contribution >= 4 is 60.9 Å². The molecule has 5 unspecified atom stereocenters. The van der Waals surface area contributed by atoms with Crippen LogP contribution in [0.2, 0.25) is 0 Å². The minimum Gasteiger partial charge on any atom is -0.309 e. The number of nitrogens with zero attached hydrogens (tertiary/aromatic N) is 1. The van der Waals surface area contributed by atoms with Crippen molar-refractivity contribution in [2.75, 3.05) is 4.90 Å². The fourth-order valence-electron chi connectivity index (χ4n) is 17.1. The second kappa shape index (κ2) is 16.4. The zero-order valence-electron chi connectivity index (χ0n) is 46.1. The van der Waals surface area contributed by atoms with Crippen molar-refractivity contribution in [3.63, 3.8) is 0 Å². The van der Waals surface area contributed by atoms with E-state index in [1.54, 1.807) is 11.1 Å². The highest BCUT2D eigenvalue weighted by molar-refractivity contribution is 7.17. The molecule has 0 bridgehead atoms. The van der Waals surface area contributed by atoms with Gasteiger partial charge in [-0.3, -0.25) is 0 Å². The minimum absolute atomic E-state index is 0.00768. The van der Waals surface area contributed by atoms with Gasteiger partial charge in [-0.25, -0.2) is 0 Å². The largest absolute Gasteiger partial charge is 0.309 e. The molecule has 2 heteroatoms. The van der Waals surface area contributed by atoms with E-state index in [2.05, 4.69) is 254 Å². The summed E-state index contributed by atoms with van der Waals surface area (Å²) in [5.74, 6) is 4.00. The lowest BCUT2D eigenvalue weighted by Crippen LogP contribution is -2.88. The van der Waals surface area contributed by atoms with Gasteiger partial charge in [-0.2, -0.15) is 0 Å². The Bertz CT molecular complexity index is 4240. The number of thiophene rings is 1. The summed E-state index contributed by atoms with van der Waals surface area (Å²) in [6.45, 7) is 16.5. The van der Waals surface area contributed by atoms with Crippen molar-refractivity contribution in [1.82, 2.24) is 0 Å². The predicted molar refractivity (Wildman–Crippen MR) is 331 cm³/mol. The van der Waals surface area contributed by atoms with Gasteiger partial charge in [0.1, 0.15) is 0 Å². The van der Waals surface area contributed by atoms with Crippen LogP contribution in [0.25, 0.3) is 77.0 Å². The molecule has 5 atom stereocenters. The molecular weight excluding hydrogens is 959 g/mol. The molecular formula is C76H67NS. The fraction of sp³-hybridized carbons (Fsp3) is 0.263. The molecule has 1 heterocycles. The number of para-hydroxylation sites is 2. The summed E-state index contributed by atoms with van der Waals surface area (Å²) in [6.07, 6.45) is 7.82. The quantitative estimate of drug-likeness (QED) is 0.154. The van der Waals surface area contributed by atoms with E-state index in [0.717, 1.165) is 41.5 Å². The Labute approximate surface area is 464 Å². The lowest BCUT2D eigenvalue weighted by molar-refractivity contribution is -0.412. The summed E-state index contributed by atoms with van der Waals surface area (Å²) in [4.78, 5) is 2.60. The van der Waals surface area contributed by atoms with Crippen LogP contribution in [-0.4, -0.2) is 0 Å². The van der Waals surface area contributed by atoms with Crippen LogP contribution in [0.4, 0.5) is 17.1 Å². The van der Waals surface area contributed by atoms with Crippen molar-refractivity contribution in [3.8, 4) is 44.5 Å². The Morgan fingerprint density at radius 1 is 0.487 bits per heavy atom. The highest BCUT2D eigenvalue weighted by Crippen LogP contribution is 2.94. The summed E-state index contributed by atoms with van der Waals surface area (Å²) in [5.41, 5.74) is 23.6. The Hall–Kier alpha value is -7.26. The van der Waals surface area contributed by atoms with E-state index in [0.29, 0.717) is 11.3 Å². The van der Waals surface area contributed by atoms with Crippen LogP contribution in [0.15, 0.2) is 194 Å². The monoisotopic (exact) mass is 1030 g/mol. The van der Waals surface area contributed by atoms with E-state index in [-0.39, 0.29) is 16.2 Å². The summed E-state index contributed by atoms with van der Waals surface area (Å²) >= 11 is 1.94. The van der Waals surface area contributed by atoms with Crippen LogP contribution in [0, 0.1) is 35.0 Å². The minimum atomic E-state index is -0.00768. The molecule has 0 radical (unpaired) electrons. The van der Waals surface area contributed by atoms with Crippen molar-refractivity contribution < 1.29 is 0 Å². The van der Waals surface area contributed by atoms with E-state index < -0.39 is 0 Å². The van der Waals surface area contributed by atoms with Gasteiger partial charge in [-0.15, -0.1) is 11.3 Å². The molecule has 9 aromatic carbocycles. The van der Waals surface area contributed by atoms with E-state index in [1.807, 2.05) is 11.3 Å². The summed E-state index contributed by atoms with van der Waals surface area (Å²) < 4.78 is 2.74. The number of anilines is 3. The van der Waals surface area contributed by atoms with Gasteiger partial charge in [0, 0.05) is 42.1 Å². The molecule has 0 aliphatic heterocycles. The normalized spacial score (nSPS) is 23.9. The average Bonchev–Trinajstić information content (AvgIpc) is 1.05. The standard InChI is InChI=1S/C76H67NS/c1-45-36-62(72-61-23-11-15-29-67(61)78-68(72)37-45)59-22-10-14-28-66(59)77(65-27-13-9-21-58(65)60-25-17-19-47-18-16-24-55(71(47)60)49-38-50(73(2,3)4)41-51(39-49)74(5,6)7)54-33-30-46(31-34-54)48-32-35-57-56-20-8-12-26-63(56)76(64(57)40-48)69-43-52-42-53-44-70(76)75(52,53)69/h8-35,37-41,45,52-53,69-70H,36,42-44H2,1-7H3. The van der Waals surface area contributed by atoms with E-state index in [4.69, 9.17) is 0 Å². The van der Waals surface area contributed by atoms with E-state index in [9.17, 15) is 0 Å². The van der Waals surface area contributed by atoms with Crippen molar-refractivity contribution in [3.05, 3.63) is 232 Å². The van der Waals surface area contributed by atoms with Crippen LogP contribution in [0.3, 0.4) is 0 Å². The number of hydrogen-bond donors (Lipinski definition) is 0. The molecule has 0 saturated heterocycles. The number of rotatable bonds is 7. The lowest BCUT2D eigenvalue weighted by atomic mass is 9.11. The first-order valence-electron chi connectivity index (χ1n) is 29.1. The van der Waals surface area contributed by atoms with Crippen LogP contribution in [0.1, 0.15) is 102 Å². The molecule has 2 spiro atoms. The first-order chi connectivity index (χ1) is 37.8. The highest BCUT2D eigenvalue weighted by atomic mass is 32.1. The van der Waals surface area contributed by atoms with Gasteiger partial charge < -0.3 is 4.90 Å². The molecule has 10 aromatic rings. The molecule has 16 rings (SSSR count). The third-order valence-corrected chi connectivity index (χ3v) is 21.7. The fourth-order valence-corrected chi connectivity index (χ4v) is 18.4. The smallest absolute Gasteiger partial charge is 0.0540 e. The molecule has 0 amide bonds. The molecule has 6 aliphatic carbocycles. The van der Waals surface area contributed by atoms with Crippen LogP contribution in [-0.2, 0) is 16.2 Å². The van der Waals surface area contributed by atoms with Crippen molar-refractivity contribution in [1.29, 1.82) is 0 Å². The molecule has 4 saturated carbocycles. The molecule has 4 fully saturated rings. The van der Waals surface area contributed by atoms with E-state index >= 15 is 0 Å². The molecule has 382 valence electrons. The number of fused-ring (bicyclic) bond motifs is 11. The SMILES string of the molecule is CC1C=c2sc3ccccc3c2=C(c2ccccc2N(c2ccc(-c3ccc4c(c3)C3(c5ccccc5-4)C4CC5CC6CC3C564)cc2)c2ccccc2-c2cccc3cccc(-c4cc(C(C)(C)C)cc(C(C)(C)C)c4)c23)C1. The molecule has 1 aromatic heterocycles. The molecule has 6 aliphatic rings. The Morgan fingerprint density at radius 3 is 1.78 bits per heavy atom. The summed E-state index contributed by atoms with van der Waals surface area (Å²) in [7, 11) is 0. The molecule has 0 N–H and O–H groups in total. The maximum atomic E-state index is 2.64. The average molecular weight is 1030 g/mol. The van der Waals surface area contributed by atoms with Gasteiger partial charge in [0.05, 0.1) is 11.4 Å². The Kier molecular flexibility index (Phi) is 9.84. The predicted octanol–water partition coefficient (Wildman–Crippen LogP) is 19.1. The Balaban J connectivity index is 0.888. The second-order valence-electron chi connectivity index (χ2n) is 26.5. The third-order valence-electron chi connectivity index (χ3n) is 20.6. The first-order valence-corrected chi connectivity index (χ1v) is 29.9. The van der Waals surface area contributed by atoms with Crippen LogP contribution in [0.5, 0.6) is 0 Å². The topological polar surface area (TPSA) is 3.24 Å². The zero-order chi connectivity index (χ0) is 52.6. The zero-order valence-corrected chi connectivity index (χ0v) is 46.9. The van der Waals surface area contributed by atoms with Crippen molar-refractivity contribution in [2.24, 2.45) is 35.0 Å². The maximum Gasteiger partial charge on any atom is 0.0540 e. The van der Waals surface area contributed by atoms with Crippen molar-refractivity contribution in [2.45, 2.75) is 90.4 Å². The summed E-state index contributed by atoms with van der Waals surface area (Å²) in [6, 6.07) is 75.4. The lowest BCUT2D eigenvalue weighted by Gasteiger charge is -2.92. The Morgan fingerprint density at radius 2 is 1.08 bits per heavy atom. The maximum absolute atomic E-state index is 2.64. The third kappa shape index (κ3) is 6.30. The van der Waals surface area contributed by atoms with Gasteiger partial charge in [0.2, 0.25) is 0 Å². The second-order valence-corrected chi connectivity index (χ2v) is 27.6. The molecule has 78 heavy (non-hydrogen) atoms. The first kappa shape index (κ1) is 46.8. The highest BCUT2D eigenvalue weighted by Gasteiger charge is 2.90. The van der Waals surface area contributed by atoms with Gasteiger partial charge in [0.15, 0.2) is 0 Å². The van der Waals surface area contributed by atoms with Gasteiger partial charge >= 0.3 is 0 Å². The number of benzene rings is 9. The van der Waals surface area contributed by atoms with Gasteiger partial charge in [-0.1, -0.05) is 212 Å². The van der Waals surface area contributed by atoms with Gasteiger partial charge in [-0.05, 0) is 185 Å². The van der Waals surface area contributed by atoms with Crippen LogP contribution < -0.4 is 14.7 Å². The van der Waals surface area contributed by atoms with E-state index in [1.165, 1.54) is 122 Å². The summed E-state index contributed by atoms with van der Waals surface area (Å²) in [5, 5.41) is 5.28. The van der Waals surface area contributed by atoms with Crippen LogP contribution >= 0.6 is 11.3 Å². The molecule has 1 nitrogen and oxygen atoms in total. The number of hydrogen-bond acceptors (Lipinski definition) is 2.